The molecule has 0 atom stereocenters. The first-order chi connectivity index (χ1) is 12.5. The molecule has 0 bridgehead atoms. The Bertz CT molecular complexity index is 938. The fraction of sp³-hybridized carbons (Fsp3) is 0.111. The fourth-order valence-electron chi connectivity index (χ4n) is 2.18. The predicted molar refractivity (Wildman–Crippen MR) is 97.2 cm³/mol. The summed E-state index contributed by atoms with van der Waals surface area (Å²) in [6.07, 6.45) is 0. The van der Waals surface area contributed by atoms with E-state index in [2.05, 4.69) is 15.5 Å². The number of rotatable bonds is 6. The Balaban J connectivity index is 1.55. The lowest BCUT2D eigenvalue weighted by Gasteiger charge is -2.04. The first kappa shape index (κ1) is 17.7. The Morgan fingerprint density at radius 3 is 2.62 bits per heavy atom. The number of nitrogens with one attached hydrogen (secondary N) is 1. The number of carbonyl (C=O) groups is 2. The summed E-state index contributed by atoms with van der Waals surface area (Å²) in [4.78, 5) is 22.8. The number of aryl methyl sites for hydroxylation is 1. The summed E-state index contributed by atoms with van der Waals surface area (Å²) in [7, 11) is 0. The van der Waals surface area contributed by atoms with Crippen LogP contribution in [0.15, 0.2) is 58.2 Å². The molecule has 0 aliphatic heterocycles. The van der Waals surface area contributed by atoms with E-state index in [-0.39, 0.29) is 17.2 Å². The number of carboxylic acid groups (broad SMARTS) is 1. The van der Waals surface area contributed by atoms with Gasteiger partial charge in [0.15, 0.2) is 0 Å². The van der Waals surface area contributed by atoms with E-state index < -0.39 is 5.97 Å². The van der Waals surface area contributed by atoms with Crippen LogP contribution in [-0.2, 0) is 4.79 Å². The zero-order valence-electron chi connectivity index (χ0n) is 13.8. The van der Waals surface area contributed by atoms with Gasteiger partial charge in [0.1, 0.15) is 0 Å². The highest BCUT2D eigenvalue weighted by atomic mass is 32.2. The zero-order chi connectivity index (χ0) is 18.5. The molecule has 0 aliphatic carbocycles. The van der Waals surface area contributed by atoms with Crippen molar-refractivity contribution in [2.45, 2.75) is 12.1 Å². The highest BCUT2D eigenvalue weighted by Gasteiger charge is 2.12. The molecule has 26 heavy (non-hydrogen) atoms. The molecule has 7 nitrogen and oxygen atoms in total. The van der Waals surface area contributed by atoms with E-state index >= 15 is 0 Å². The molecule has 2 N–H and O–H groups in total. The third-order valence-corrected chi connectivity index (χ3v) is 4.23. The van der Waals surface area contributed by atoms with Crippen LogP contribution in [0.5, 0.6) is 0 Å². The number of benzene rings is 2. The molecule has 0 spiro atoms. The van der Waals surface area contributed by atoms with Crippen LogP contribution in [0.3, 0.4) is 0 Å². The first-order valence-corrected chi connectivity index (χ1v) is 8.66. The summed E-state index contributed by atoms with van der Waals surface area (Å²) in [5, 5.41) is 19.8. The van der Waals surface area contributed by atoms with Gasteiger partial charge in [-0.2, -0.15) is 0 Å². The van der Waals surface area contributed by atoms with Crippen molar-refractivity contribution in [3.8, 4) is 11.5 Å². The van der Waals surface area contributed by atoms with Gasteiger partial charge in [0.25, 0.3) is 5.22 Å². The summed E-state index contributed by atoms with van der Waals surface area (Å²) >= 11 is 1.13. The van der Waals surface area contributed by atoms with Crippen LogP contribution in [0.2, 0.25) is 0 Å². The summed E-state index contributed by atoms with van der Waals surface area (Å²) in [5.41, 5.74) is 2.59. The molecule has 0 saturated heterocycles. The molecule has 0 fully saturated rings. The van der Waals surface area contributed by atoms with Gasteiger partial charge in [0, 0.05) is 11.3 Å². The van der Waals surface area contributed by atoms with Gasteiger partial charge in [-0.05, 0) is 43.3 Å². The lowest BCUT2D eigenvalue weighted by molar-refractivity contribution is -0.113. The van der Waals surface area contributed by atoms with Crippen molar-refractivity contribution < 1.29 is 19.1 Å². The summed E-state index contributed by atoms with van der Waals surface area (Å²) < 4.78 is 5.56. The lowest BCUT2D eigenvalue weighted by Crippen LogP contribution is -2.14. The van der Waals surface area contributed by atoms with Crippen molar-refractivity contribution in [1.82, 2.24) is 10.2 Å². The van der Waals surface area contributed by atoms with Crippen molar-refractivity contribution in [3.05, 3.63) is 59.7 Å². The number of anilines is 1. The molecule has 2 aromatic carbocycles. The average molecular weight is 369 g/mol. The largest absolute Gasteiger partial charge is 0.478 e. The van der Waals surface area contributed by atoms with Crippen molar-refractivity contribution in [1.29, 1.82) is 0 Å². The van der Waals surface area contributed by atoms with Crippen LogP contribution < -0.4 is 5.32 Å². The molecule has 3 aromatic rings. The molecule has 0 unspecified atom stereocenters. The molecule has 0 aliphatic rings. The van der Waals surface area contributed by atoms with Crippen molar-refractivity contribution in [2.75, 3.05) is 11.1 Å². The minimum absolute atomic E-state index is 0.0934. The second kappa shape index (κ2) is 7.83. The standard InChI is InChI=1S/C18H15N3O4S/c1-11-3-2-4-13(9-11)16-20-21-18(25-16)26-10-15(22)19-14-7-5-12(6-8-14)17(23)24/h2-9H,10H2,1H3,(H,19,22)(H,23,24). The molecular formula is C18H15N3O4S. The number of hydrogen-bond acceptors (Lipinski definition) is 6. The van der Waals surface area contributed by atoms with Gasteiger partial charge in [0.05, 0.1) is 11.3 Å². The molecule has 3 rings (SSSR count). The quantitative estimate of drug-likeness (QED) is 0.641. The molecular weight excluding hydrogens is 354 g/mol. The van der Waals surface area contributed by atoms with Crippen LogP contribution in [0.4, 0.5) is 5.69 Å². The minimum Gasteiger partial charge on any atom is -0.478 e. The molecule has 0 radical (unpaired) electrons. The number of thioether (sulfide) groups is 1. The van der Waals surface area contributed by atoms with E-state index in [0.717, 1.165) is 22.9 Å². The highest BCUT2D eigenvalue weighted by Crippen LogP contribution is 2.23. The summed E-state index contributed by atoms with van der Waals surface area (Å²) in [6, 6.07) is 13.6. The smallest absolute Gasteiger partial charge is 0.335 e. The second-order valence-corrected chi connectivity index (χ2v) is 6.39. The molecule has 1 amide bonds. The number of amides is 1. The topological polar surface area (TPSA) is 105 Å². The second-order valence-electron chi connectivity index (χ2n) is 5.46. The number of aromatic carboxylic acids is 1. The normalized spacial score (nSPS) is 10.5. The van der Waals surface area contributed by atoms with Crippen LogP contribution in [-0.4, -0.2) is 32.9 Å². The maximum atomic E-state index is 12.0. The van der Waals surface area contributed by atoms with Gasteiger partial charge in [-0.1, -0.05) is 29.5 Å². The fourth-order valence-corrected chi connectivity index (χ4v) is 2.75. The highest BCUT2D eigenvalue weighted by molar-refractivity contribution is 7.99. The van der Waals surface area contributed by atoms with Crippen molar-refractivity contribution in [3.63, 3.8) is 0 Å². The van der Waals surface area contributed by atoms with Crippen molar-refractivity contribution in [2.24, 2.45) is 0 Å². The van der Waals surface area contributed by atoms with Gasteiger partial charge < -0.3 is 14.8 Å². The Hall–Kier alpha value is -3.13. The van der Waals surface area contributed by atoms with Gasteiger partial charge in [-0.3, -0.25) is 4.79 Å². The average Bonchev–Trinajstić information content (AvgIpc) is 3.09. The molecule has 132 valence electrons. The first-order valence-electron chi connectivity index (χ1n) is 7.68. The van der Waals surface area contributed by atoms with Crippen LogP contribution in [0, 0.1) is 6.92 Å². The van der Waals surface area contributed by atoms with Crippen LogP contribution >= 0.6 is 11.8 Å². The third-order valence-electron chi connectivity index (χ3n) is 3.41. The van der Waals surface area contributed by atoms with Gasteiger partial charge in [0.2, 0.25) is 11.8 Å². The van der Waals surface area contributed by atoms with Crippen molar-refractivity contribution >= 4 is 29.3 Å². The zero-order valence-corrected chi connectivity index (χ0v) is 14.6. The Kier molecular flexibility index (Phi) is 5.33. The van der Waals surface area contributed by atoms with E-state index in [4.69, 9.17) is 9.52 Å². The van der Waals surface area contributed by atoms with E-state index in [1.165, 1.54) is 24.3 Å². The van der Waals surface area contributed by atoms with E-state index in [0.29, 0.717) is 16.8 Å². The summed E-state index contributed by atoms with van der Waals surface area (Å²) in [5.74, 6) is -0.774. The van der Waals surface area contributed by atoms with Gasteiger partial charge in [-0.25, -0.2) is 4.79 Å². The number of carbonyl (C=O) groups excluding carboxylic acids is 1. The summed E-state index contributed by atoms with van der Waals surface area (Å²) in [6.45, 7) is 1.98. The Labute approximate surface area is 153 Å². The molecule has 1 aromatic heterocycles. The number of hydrogen-bond donors (Lipinski definition) is 2. The number of nitrogens with zero attached hydrogens (tertiary/aromatic N) is 2. The van der Waals surface area contributed by atoms with E-state index in [1.807, 2.05) is 31.2 Å². The lowest BCUT2D eigenvalue weighted by atomic mass is 10.1. The Morgan fingerprint density at radius 1 is 1.15 bits per heavy atom. The van der Waals surface area contributed by atoms with Crippen LogP contribution in [0.1, 0.15) is 15.9 Å². The Morgan fingerprint density at radius 2 is 1.92 bits per heavy atom. The molecule has 0 saturated carbocycles. The number of aromatic nitrogens is 2. The third kappa shape index (κ3) is 4.48. The monoisotopic (exact) mass is 369 g/mol. The maximum Gasteiger partial charge on any atom is 0.335 e. The van der Waals surface area contributed by atoms with Gasteiger partial charge >= 0.3 is 5.97 Å². The minimum atomic E-state index is -1.01. The maximum absolute atomic E-state index is 12.0. The molecule has 1 heterocycles. The van der Waals surface area contributed by atoms with Crippen LogP contribution in [0.25, 0.3) is 11.5 Å². The van der Waals surface area contributed by atoms with Gasteiger partial charge in [-0.15, -0.1) is 10.2 Å². The SMILES string of the molecule is Cc1cccc(-c2nnc(SCC(=O)Nc3ccc(C(=O)O)cc3)o2)c1. The van der Waals surface area contributed by atoms with E-state index in [9.17, 15) is 9.59 Å². The molecule has 8 heteroatoms. The predicted octanol–water partition coefficient (Wildman–Crippen LogP) is 3.47. The van der Waals surface area contributed by atoms with E-state index in [1.54, 1.807) is 0 Å². The number of carboxylic acids is 1.